The Bertz CT molecular complexity index is 391. The zero-order valence-electron chi connectivity index (χ0n) is 10.5. The zero-order chi connectivity index (χ0) is 11.8. The van der Waals surface area contributed by atoms with Gasteiger partial charge >= 0.3 is 0 Å². The molecule has 17 heavy (non-hydrogen) atoms. The summed E-state index contributed by atoms with van der Waals surface area (Å²) < 4.78 is 0. The van der Waals surface area contributed by atoms with Gasteiger partial charge < -0.3 is 10.6 Å². The molecule has 2 N–H and O–H groups in total. The molecule has 0 amide bonds. The standard InChI is InChI=1S/C13H21N3S/c1-16(10-4-2-3-5-10)13-15-12(9-6-7-9)11(8-14)17-13/h9-10H,2-8,14H2,1H3. The zero-order valence-corrected chi connectivity index (χ0v) is 11.3. The number of nitrogens with zero attached hydrogens (tertiary/aromatic N) is 2. The summed E-state index contributed by atoms with van der Waals surface area (Å²) in [5.74, 6) is 0.718. The Morgan fingerprint density at radius 2 is 2.00 bits per heavy atom. The minimum absolute atomic E-state index is 0.655. The van der Waals surface area contributed by atoms with Gasteiger partial charge in [-0.3, -0.25) is 0 Å². The molecule has 94 valence electrons. The van der Waals surface area contributed by atoms with Crippen LogP contribution in [0, 0.1) is 0 Å². The van der Waals surface area contributed by atoms with E-state index in [4.69, 9.17) is 10.7 Å². The Morgan fingerprint density at radius 1 is 1.29 bits per heavy atom. The van der Waals surface area contributed by atoms with Crippen molar-refractivity contribution in [2.75, 3.05) is 11.9 Å². The van der Waals surface area contributed by atoms with Crippen LogP contribution in [0.25, 0.3) is 0 Å². The van der Waals surface area contributed by atoms with Gasteiger partial charge in [0.15, 0.2) is 5.13 Å². The summed E-state index contributed by atoms with van der Waals surface area (Å²) in [7, 11) is 2.20. The van der Waals surface area contributed by atoms with E-state index in [0.717, 1.165) is 5.92 Å². The third kappa shape index (κ3) is 2.20. The molecule has 0 unspecified atom stereocenters. The van der Waals surface area contributed by atoms with Crippen LogP contribution in [0.5, 0.6) is 0 Å². The van der Waals surface area contributed by atoms with Crippen molar-refractivity contribution in [3.8, 4) is 0 Å². The van der Waals surface area contributed by atoms with Crippen molar-refractivity contribution in [2.45, 2.75) is 57.0 Å². The van der Waals surface area contributed by atoms with E-state index in [-0.39, 0.29) is 0 Å². The summed E-state index contributed by atoms with van der Waals surface area (Å²) in [5, 5.41) is 1.19. The second-order valence-corrected chi connectivity index (χ2v) is 6.39. The molecule has 0 aliphatic heterocycles. The highest BCUT2D eigenvalue weighted by molar-refractivity contribution is 7.15. The summed E-state index contributed by atoms with van der Waals surface area (Å²) in [6.07, 6.45) is 8.02. The molecule has 0 saturated heterocycles. The van der Waals surface area contributed by atoms with Crippen LogP contribution in [0.15, 0.2) is 0 Å². The Hall–Kier alpha value is -0.610. The molecular formula is C13H21N3S. The maximum atomic E-state index is 5.84. The van der Waals surface area contributed by atoms with Crippen LogP contribution in [-0.4, -0.2) is 18.1 Å². The van der Waals surface area contributed by atoms with Crippen molar-refractivity contribution in [1.82, 2.24) is 4.98 Å². The third-order valence-corrected chi connectivity index (χ3v) is 5.22. The van der Waals surface area contributed by atoms with E-state index < -0.39 is 0 Å². The van der Waals surface area contributed by atoms with Gasteiger partial charge in [-0.2, -0.15) is 0 Å². The Labute approximate surface area is 107 Å². The largest absolute Gasteiger partial charge is 0.348 e. The topological polar surface area (TPSA) is 42.2 Å². The van der Waals surface area contributed by atoms with Gasteiger partial charge in [0.25, 0.3) is 0 Å². The Morgan fingerprint density at radius 3 is 2.59 bits per heavy atom. The van der Waals surface area contributed by atoms with Crippen LogP contribution in [-0.2, 0) is 6.54 Å². The maximum absolute atomic E-state index is 5.84. The molecule has 1 aromatic rings. The fourth-order valence-corrected chi connectivity index (χ4v) is 3.83. The van der Waals surface area contributed by atoms with Crippen LogP contribution in [0.2, 0.25) is 0 Å². The van der Waals surface area contributed by atoms with Crippen molar-refractivity contribution >= 4 is 16.5 Å². The lowest BCUT2D eigenvalue weighted by molar-refractivity contribution is 0.650. The molecule has 0 aromatic carbocycles. The number of hydrogen-bond donors (Lipinski definition) is 1. The predicted molar refractivity (Wildman–Crippen MR) is 72.6 cm³/mol. The van der Waals surface area contributed by atoms with E-state index in [9.17, 15) is 0 Å². The van der Waals surface area contributed by atoms with E-state index in [1.165, 1.54) is 54.2 Å². The lowest BCUT2D eigenvalue weighted by Gasteiger charge is -2.23. The SMILES string of the molecule is CN(c1nc(C2CC2)c(CN)s1)C1CCCC1. The molecule has 2 aliphatic rings. The van der Waals surface area contributed by atoms with Gasteiger partial charge in [0, 0.05) is 30.4 Å². The van der Waals surface area contributed by atoms with Crippen LogP contribution in [0.1, 0.15) is 55.0 Å². The molecule has 3 rings (SSSR count). The van der Waals surface area contributed by atoms with Gasteiger partial charge in [0.2, 0.25) is 0 Å². The number of hydrogen-bond acceptors (Lipinski definition) is 4. The minimum Gasteiger partial charge on any atom is -0.348 e. The molecule has 0 spiro atoms. The monoisotopic (exact) mass is 251 g/mol. The van der Waals surface area contributed by atoms with E-state index in [2.05, 4.69) is 11.9 Å². The average molecular weight is 251 g/mol. The summed E-state index contributed by atoms with van der Waals surface area (Å²) in [5.41, 5.74) is 7.14. The van der Waals surface area contributed by atoms with Crippen LogP contribution >= 0.6 is 11.3 Å². The van der Waals surface area contributed by atoms with E-state index in [1.54, 1.807) is 0 Å². The molecule has 0 radical (unpaired) electrons. The van der Waals surface area contributed by atoms with Crippen molar-refractivity contribution in [3.05, 3.63) is 10.6 Å². The lowest BCUT2D eigenvalue weighted by Crippen LogP contribution is -2.28. The molecule has 2 aliphatic carbocycles. The highest BCUT2D eigenvalue weighted by Gasteiger charge is 2.31. The van der Waals surface area contributed by atoms with Gasteiger partial charge in [-0.1, -0.05) is 12.8 Å². The van der Waals surface area contributed by atoms with Crippen LogP contribution in [0.4, 0.5) is 5.13 Å². The minimum atomic E-state index is 0.655. The van der Waals surface area contributed by atoms with E-state index in [1.807, 2.05) is 11.3 Å². The fraction of sp³-hybridized carbons (Fsp3) is 0.769. The van der Waals surface area contributed by atoms with E-state index >= 15 is 0 Å². The van der Waals surface area contributed by atoms with Gasteiger partial charge in [0.1, 0.15) is 0 Å². The number of nitrogens with two attached hydrogens (primary N) is 1. The van der Waals surface area contributed by atoms with Crippen LogP contribution in [0.3, 0.4) is 0 Å². The quantitative estimate of drug-likeness (QED) is 0.894. The second kappa shape index (κ2) is 4.58. The summed E-state index contributed by atoms with van der Waals surface area (Å²) in [6.45, 7) is 0.655. The smallest absolute Gasteiger partial charge is 0.185 e. The van der Waals surface area contributed by atoms with Gasteiger partial charge in [-0.15, -0.1) is 11.3 Å². The molecule has 2 fully saturated rings. The molecule has 2 saturated carbocycles. The molecule has 0 bridgehead atoms. The molecule has 4 heteroatoms. The maximum Gasteiger partial charge on any atom is 0.185 e. The van der Waals surface area contributed by atoms with Crippen molar-refractivity contribution in [2.24, 2.45) is 5.73 Å². The number of thiazole rings is 1. The second-order valence-electron chi connectivity index (χ2n) is 5.33. The Kier molecular flexibility index (Phi) is 3.09. The first-order valence-electron chi connectivity index (χ1n) is 6.72. The highest BCUT2D eigenvalue weighted by Crippen LogP contribution is 2.44. The summed E-state index contributed by atoms with van der Waals surface area (Å²) in [6, 6.07) is 0.707. The van der Waals surface area contributed by atoms with Crippen molar-refractivity contribution < 1.29 is 0 Å². The first-order chi connectivity index (χ1) is 8.29. The van der Waals surface area contributed by atoms with Crippen molar-refractivity contribution in [1.29, 1.82) is 0 Å². The molecular weight excluding hydrogens is 230 g/mol. The average Bonchev–Trinajstić information content (AvgIpc) is 2.91. The van der Waals surface area contributed by atoms with Crippen LogP contribution < -0.4 is 10.6 Å². The molecule has 0 atom stereocenters. The summed E-state index contributed by atoms with van der Waals surface area (Å²) in [4.78, 5) is 8.56. The van der Waals surface area contributed by atoms with E-state index in [0.29, 0.717) is 12.6 Å². The normalized spacial score (nSPS) is 21.1. The molecule has 1 heterocycles. The highest BCUT2D eigenvalue weighted by atomic mass is 32.1. The lowest BCUT2D eigenvalue weighted by atomic mass is 10.2. The number of rotatable bonds is 4. The molecule has 3 nitrogen and oxygen atoms in total. The third-order valence-electron chi connectivity index (χ3n) is 4.04. The molecule has 1 aromatic heterocycles. The first kappa shape index (κ1) is 11.5. The Balaban J connectivity index is 1.81. The predicted octanol–water partition coefficient (Wildman–Crippen LogP) is 2.86. The first-order valence-corrected chi connectivity index (χ1v) is 7.53. The number of aromatic nitrogens is 1. The van der Waals surface area contributed by atoms with Gasteiger partial charge in [0.05, 0.1) is 5.69 Å². The summed E-state index contributed by atoms with van der Waals surface area (Å²) >= 11 is 1.81. The van der Waals surface area contributed by atoms with Crippen molar-refractivity contribution in [3.63, 3.8) is 0 Å². The van der Waals surface area contributed by atoms with Gasteiger partial charge in [-0.25, -0.2) is 4.98 Å². The number of anilines is 1. The fourth-order valence-electron chi connectivity index (χ4n) is 2.77. The van der Waals surface area contributed by atoms with Gasteiger partial charge in [-0.05, 0) is 25.7 Å².